The number of carbonyl (C=O) groups excluding carboxylic acids is 2. The van der Waals surface area contributed by atoms with Gasteiger partial charge in [-0.15, -0.1) is 0 Å². The first-order chi connectivity index (χ1) is 12.4. The van der Waals surface area contributed by atoms with Crippen molar-refractivity contribution in [1.82, 2.24) is 0 Å². The number of rotatable bonds is 5. The van der Waals surface area contributed by atoms with E-state index in [4.69, 9.17) is 9.47 Å². The van der Waals surface area contributed by atoms with E-state index in [-0.39, 0.29) is 11.9 Å². The van der Waals surface area contributed by atoms with Crippen molar-refractivity contribution in [2.75, 3.05) is 0 Å². The van der Waals surface area contributed by atoms with Crippen LogP contribution in [0.25, 0.3) is 11.1 Å². The molecule has 2 aromatic rings. The van der Waals surface area contributed by atoms with Gasteiger partial charge < -0.3 is 9.47 Å². The Kier molecular flexibility index (Phi) is 6.50. The van der Waals surface area contributed by atoms with Gasteiger partial charge in [-0.2, -0.15) is 0 Å². The lowest BCUT2D eigenvalue weighted by atomic mass is 9.92. The third kappa shape index (κ3) is 4.93. The summed E-state index contributed by atoms with van der Waals surface area (Å²) < 4.78 is 10.2. The van der Waals surface area contributed by atoms with E-state index in [1.807, 2.05) is 50.3 Å². The summed E-state index contributed by atoms with van der Waals surface area (Å²) in [5.74, 6) is 0.353. The van der Waals surface area contributed by atoms with E-state index in [0.29, 0.717) is 11.5 Å². The summed E-state index contributed by atoms with van der Waals surface area (Å²) in [7, 11) is 0. The minimum Gasteiger partial charge on any atom is -0.427 e. The van der Waals surface area contributed by atoms with Crippen LogP contribution in [0.4, 0.5) is 0 Å². The largest absolute Gasteiger partial charge is 0.427 e. The summed E-state index contributed by atoms with van der Waals surface area (Å²) in [6, 6.07) is 14.8. The zero-order valence-electron chi connectivity index (χ0n) is 15.4. The number of hydrogen-bond donors (Lipinski definition) is 0. The molecule has 0 aliphatic rings. The van der Waals surface area contributed by atoms with Gasteiger partial charge in [0.2, 0.25) is 0 Å². The van der Waals surface area contributed by atoms with Crippen molar-refractivity contribution >= 4 is 23.1 Å². The highest BCUT2D eigenvalue weighted by molar-refractivity contribution is 6.04. The molecule has 0 N–H and O–H groups in total. The van der Waals surface area contributed by atoms with Gasteiger partial charge in [0.25, 0.3) is 0 Å². The van der Waals surface area contributed by atoms with Gasteiger partial charge in [0.15, 0.2) is 0 Å². The third-order valence-corrected chi connectivity index (χ3v) is 3.72. The molecule has 0 aliphatic heterocycles. The van der Waals surface area contributed by atoms with Gasteiger partial charge in [-0.1, -0.05) is 36.4 Å². The molecule has 0 aromatic heterocycles. The topological polar surface area (TPSA) is 52.6 Å². The van der Waals surface area contributed by atoms with Gasteiger partial charge in [0, 0.05) is 13.8 Å². The average molecular weight is 350 g/mol. The first kappa shape index (κ1) is 19.2. The Morgan fingerprint density at radius 3 is 1.19 bits per heavy atom. The number of carbonyl (C=O) groups is 2. The van der Waals surface area contributed by atoms with Gasteiger partial charge in [-0.05, 0) is 60.4 Å². The molecule has 0 amide bonds. The summed E-state index contributed by atoms with van der Waals surface area (Å²) >= 11 is 0. The second-order valence-electron chi connectivity index (χ2n) is 5.64. The van der Waals surface area contributed by atoms with Gasteiger partial charge >= 0.3 is 11.9 Å². The van der Waals surface area contributed by atoms with Crippen LogP contribution in [0.15, 0.2) is 60.7 Å². The second-order valence-corrected chi connectivity index (χ2v) is 5.64. The summed E-state index contributed by atoms with van der Waals surface area (Å²) in [6.45, 7) is 6.71. The van der Waals surface area contributed by atoms with Crippen molar-refractivity contribution < 1.29 is 19.1 Å². The molecule has 0 saturated heterocycles. The molecular formula is C22H22O4. The molecule has 0 aliphatic carbocycles. The molecule has 134 valence electrons. The molecule has 26 heavy (non-hydrogen) atoms. The molecule has 4 nitrogen and oxygen atoms in total. The molecule has 2 aromatic carbocycles. The van der Waals surface area contributed by atoms with E-state index in [0.717, 1.165) is 22.3 Å². The second kappa shape index (κ2) is 8.81. The highest BCUT2D eigenvalue weighted by Crippen LogP contribution is 2.33. The maximum absolute atomic E-state index is 11.0. The maximum atomic E-state index is 11.0. The summed E-state index contributed by atoms with van der Waals surface area (Å²) in [6.07, 6.45) is 4.08. The summed E-state index contributed by atoms with van der Waals surface area (Å²) in [5, 5.41) is 0. The van der Waals surface area contributed by atoms with Crippen molar-refractivity contribution in [3.05, 3.63) is 71.8 Å². The molecule has 0 fully saturated rings. The monoisotopic (exact) mass is 350 g/mol. The Balaban J connectivity index is 2.29. The molecule has 0 saturated carbocycles. The molecule has 0 bridgehead atoms. The lowest BCUT2D eigenvalue weighted by Crippen LogP contribution is -2.01. The van der Waals surface area contributed by atoms with Crippen LogP contribution in [0.2, 0.25) is 0 Å². The van der Waals surface area contributed by atoms with E-state index in [1.54, 1.807) is 24.3 Å². The Labute approximate surface area is 153 Å². The minimum absolute atomic E-state index is 0.342. The number of benzene rings is 2. The summed E-state index contributed by atoms with van der Waals surface area (Å²) in [5.41, 5.74) is 4.14. The standard InChI is InChI=1S/C22H22O4/c1-5-21(17-7-11-19(12-8-17)25-15(3)23)22(6-2)18-9-13-20(14-10-18)26-16(4)24/h5-14H,1-4H3/b21-5-,22-6+. The average Bonchev–Trinajstić information content (AvgIpc) is 2.60. The Hall–Kier alpha value is -3.14. The van der Waals surface area contributed by atoms with Gasteiger partial charge in [-0.25, -0.2) is 0 Å². The van der Waals surface area contributed by atoms with Crippen LogP contribution >= 0.6 is 0 Å². The predicted molar refractivity (Wildman–Crippen MR) is 103 cm³/mol. The smallest absolute Gasteiger partial charge is 0.308 e. The molecule has 0 radical (unpaired) electrons. The predicted octanol–water partition coefficient (Wildman–Crippen LogP) is 5.04. The highest BCUT2D eigenvalue weighted by atomic mass is 16.5. The minimum atomic E-state index is -0.342. The van der Waals surface area contributed by atoms with E-state index >= 15 is 0 Å². The maximum Gasteiger partial charge on any atom is 0.308 e. The van der Waals surface area contributed by atoms with Crippen LogP contribution in [0.5, 0.6) is 11.5 Å². The van der Waals surface area contributed by atoms with E-state index in [9.17, 15) is 9.59 Å². The fourth-order valence-corrected chi connectivity index (χ4v) is 2.69. The normalized spacial score (nSPS) is 11.8. The van der Waals surface area contributed by atoms with Crippen LogP contribution < -0.4 is 9.47 Å². The van der Waals surface area contributed by atoms with E-state index < -0.39 is 0 Å². The van der Waals surface area contributed by atoms with Gasteiger partial charge in [0.05, 0.1) is 0 Å². The number of ether oxygens (including phenoxy) is 2. The van der Waals surface area contributed by atoms with Crippen LogP contribution in [0.3, 0.4) is 0 Å². The highest BCUT2D eigenvalue weighted by Gasteiger charge is 2.10. The van der Waals surface area contributed by atoms with E-state index in [2.05, 4.69) is 0 Å². The van der Waals surface area contributed by atoms with Gasteiger partial charge in [-0.3, -0.25) is 9.59 Å². The van der Waals surface area contributed by atoms with Crippen molar-refractivity contribution in [2.45, 2.75) is 27.7 Å². The Morgan fingerprint density at radius 2 is 0.962 bits per heavy atom. The summed E-state index contributed by atoms with van der Waals surface area (Å²) in [4.78, 5) is 22.1. The third-order valence-electron chi connectivity index (χ3n) is 3.72. The van der Waals surface area contributed by atoms with Crippen molar-refractivity contribution in [1.29, 1.82) is 0 Å². The van der Waals surface area contributed by atoms with Crippen molar-refractivity contribution in [2.24, 2.45) is 0 Å². The van der Waals surface area contributed by atoms with Gasteiger partial charge in [0.1, 0.15) is 11.5 Å². The molecule has 0 heterocycles. The van der Waals surface area contributed by atoms with Crippen LogP contribution in [-0.2, 0) is 9.59 Å². The first-order valence-corrected chi connectivity index (χ1v) is 8.35. The molecule has 0 unspecified atom stereocenters. The first-order valence-electron chi connectivity index (χ1n) is 8.35. The van der Waals surface area contributed by atoms with Crippen molar-refractivity contribution in [3.8, 4) is 11.5 Å². The molecule has 0 spiro atoms. The van der Waals surface area contributed by atoms with E-state index in [1.165, 1.54) is 13.8 Å². The fraction of sp³-hybridized carbons (Fsp3) is 0.182. The van der Waals surface area contributed by atoms with Crippen LogP contribution in [0.1, 0.15) is 38.8 Å². The number of esters is 2. The Morgan fingerprint density at radius 1 is 0.654 bits per heavy atom. The Bertz CT molecular complexity index is 767. The SMILES string of the molecule is C/C=C(\C(=C\C)c1ccc(OC(C)=O)cc1)c1ccc(OC(C)=O)cc1. The molecule has 4 heteroatoms. The molecular weight excluding hydrogens is 328 g/mol. The lowest BCUT2D eigenvalue weighted by molar-refractivity contribution is -0.132. The van der Waals surface area contributed by atoms with Crippen molar-refractivity contribution in [3.63, 3.8) is 0 Å². The molecule has 0 atom stereocenters. The fourth-order valence-electron chi connectivity index (χ4n) is 2.69. The van der Waals surface area contributed by atoms with Crippen LogP contribution in [-0.4, -0.2) is 11.9 Å². The quantitative estimate of drug-likeness (QED) is 0.430. The number of allylic oxidation sites excluding steroid dienone is 4. The zero-order chi connectivity index (χ0) is 19.1. The number of hydrogen-bond acceptors (Lipinski definition) is 4. The van der Waals surface area contributed by atoms with Crippen LogP contribution in [0, 0.1) is 0 Å². The lowest BCUT2D eigenvalue weighted by Gasteiger charge is -2.14. The zero-order valence-corrected chi connectivity index (χ0v) is 15.4. The molecule has 2 rings (SSSR count).